The number of carbonyl (C=O) groups is 1. The van der Waals surface area contributed by atoms with Gasteiger partial charge in [0.15, 0.2) is 0 Å². The van der Waals surface area contributed by atoms with Gasteiger partial charge >= 0.3 is 0 Å². The van der Waals surface area contributed by atoms with Crippen LogP contribution in [0.2, 0.25) is 0 Å². The van der Waals surface area contributed by atoms with E-state index in [-0.39, 0.29) is 11.9 Å². The molecule has 6 nitrogen and oxygen atoms in total. The summed E-state index contributed by atoms with van der Waals surface area (Å²) in [6, 6.07) is 9.57. The fourth-order valence-corrected chi connectivity index (χ4v) is 3.35. The first-order valence-corrected chi connectivity index (χ1v) is 9.80. The molecule has 0 unspecified atom stereocenters. The van der Waals surface area contributed by atoms with Crippen LogP contribution in [0.5, 0.6) is 5.75 Å². The van der Waals surface area contributed by atoms with E-state index in [9.17, 15) is 4.79 Å². The zero-order valence-electron chi connectivity index (χ0n) is 16.1. The average Bonchev–Trinajstić information content (AvgIpc) is 2.92. The van der Waals surface area contributed by atoms with E-state index in [1.54, 1.807) is 6.07 Å². The monoisotopic (exact) mass is 368 g/mol. The molecule has 1 aromatic carbocycles. The molecule has 0 aliphatic heterocycles. The molecule has 3 rings (SSSR count). The van der Waals surface area contributed by atoms with E-state index in [1.807, 2.05) is 38.1 Å². The average molecular weight is 368 g/mol. The summed E-state index contributed by atoms with van der Waals surface area (Å²) in [6.45, 7) is 4.45. The van der Waals surface area contributed by atoms with Crippen molar-refractivity contribution in [2.24, 2.45) is 0 Å². The lowest BCUT2D eigenvalue weighted by Crippen LogP contribution is -2.35. The summed E-state index contributed by atoms with van der Waals surface area (Å²) in [5.74, 6) is 1.11. The van der Waals surface area contributed by atoms with Crippen molar-refractivity contribution in [3.8, 4) is 5.75 Å². The Balaban J connectivity index is 1.68. The maximum Gasteiger partial charge on any atom is 0.270 e. The number of nitrogens with zero attached hydrogens (tertiary/aromatic N) is 2. The Morgan fingerprint density at radius 3 is 2.48 bits per heavy atom. The summed E-state index contributed by atoms with van der Waals surface area (Å²) in [5, 5.41) is 6.31. The Hall–Kier alpha value is -2.63. The number of hydrogen-bond acceptors (Lipinski definition) is 5. The third-order valence-corrected chi connectivity index (χ3v) is 4.70. The molecule has 1 heterocycles. The van der Waals surface area contributed by atoms with Crippen molar-refractivity contribution in [1.29, 1.82) is 0 Å². The third-order valence-electron chi connectivity index (χ3n) is 4.70. The molecule has 1 fully saturated rings. The molecule has 1 aliphatic carbocycles. The zero-order chi connectivity index (χ0) is 19.1. The van der Waals surface area contributed by atoms with Crippen LogP contribution in [0, 0.1) is 6.92 Å². The minimum atomic E-state index is -0.123. The van der Waals surface area contributed by atoms with E-state index in [0.717, 1.165) is 30.0 Å². The topological polar surface area (TPSA) is 76.1 Å². The second-order valence-corrected chi connectivity index (χ2v) is 6.96. The highest BCUT2D eigenvalue weighted by molar-refractivity contribution is 5.92. The number of carbonyl (C=O) groups excluding carboxylic acids is 1. The van der Waals surface area contributed by atoms with Gasteiger partial charge in [0.05, 0.1) is 6.61 Å². The maximum atomic E-state index is 12.7. The Morgan fingerprint density at radius 1 is 1.11 bits per heavy atom. The molecular weight excluding hydrogens is 340 g/mol. The normalized spacial score (nSPS) is 15.0. The maximum absolute atomic E-state index is 12.7. The van der Waals surface area contributed by atoms with Crippen LogP contribution in [0.1, 0.15) is 61.6 Å². The SMILES string of the molecule is CCOc1ccc(Nc2nc(C)cc(C(=O)NC3CCCCCC3)n2)cc1. The second-order valence-electron chi connectivity index (χ2n) is 6.96. The Bertz CT molecular complexity index is 753. The summed E-state index contributed by atoms with van der Waals surface area (Å²) >= 11 is 0. The Morgan fingerprint density at radius 2 is 1.81 bits per heavy atom. The minimum absolute atomic E-state index is 0.123. The molecule has 0 atom stereocenters. The van der Waals surface area contributed by atoms with Gasteiger partial charge in [0.2, 0.25) is 5.95 Å². The number of rotatable bonds is 6. The van der Waals surface area contributed by atoms with Crippen molar-refractivity contribution < 1.29 is 9.53 Å². The molecule has 2 aromatic rings. The van der Waals surface area contributed by atoms with E-state index in [4.69, 9.17) is 4.74 Å². The Labute approximate surface area is 160 Å². The van der Waals surface area contributed by atoms with Gasteiger partial charge in [-0.05, 0) is 57.0 Å². The summed E-state index contributed by atoms with van der Waals surface area (Å²) < 4.78 is 5.45. The molecule has 1 aliphatic rings. The van der Waals surface area contributed by atoms with Crippen molar-refractivity contribution >= 4 is 17.5 Å². The molecule has 27 heavy (non-hydrogen) atoms. The van der Waals surface area contributed by atoms with Gasteiger partial charge in [0.25, 0.3) is 5.91 Å². The molecule has 1 aromatic heterocycles. The molecule has 0 saturated heterocycles. The Kier molecular flexibility index (Phi) is 6.63. The van der Waals surface area contributed by atoms with Crippen LogP contribution in [-0.2, 0) is 0 Å². The summed E-state index contributed by atoms with van der Waals surface area (Å²) in [6.07, 6.45) is 6.97. The van der Waals surface area contributed by atoms with Crippen LogP contribution in [0.3, 0.4) is 0 Å². The first-order chi connectivity index (χ1) is 13.1. The lowest BCUT2D eigenvalue weighted by atomic mass is 10.1. The van der Waals surface area contributed by atoms with Crippen molar-refractivity contribution in [2.75, 3.05) is 11.9 Å². The summed E-state index contributed by atoms with van der Waals surface area (Å²) in [4.78, 5) is 21.5. The largest absolute Gasteiger partial charge is 0.494 e. The highest BCUT2D eigenvalue weighted by atomic mass is 16.5. The smallest absolute Gasteiger partial charge is 0.270 e. The predicted octanol–water partition coefficient (Wildman–Crippen LogP) is 4.38. The summed E-state index contributed by atoms with van der Waals surface area (Å²) in [5.41, 5.74) is 2.00. The number of nitrogens with one attached hydrogen (secondary N) is 2. The van der Waals surface area contributed by atoms with Crippen molar-refractivity contribution in [1.82, 2.24) is 15.3 Å². The van der Waals surface area contributed by atoms with Crippen molar-refractivity contribution in [2.45, 2.75) is 58.4 Å². The van der Waals surface area contributed by atoms with Gasteiger partial charge in [0, 0.05) is 17.4 Å². The van der Waals surface area contributed by atoms with Gasteiger partial charge in [0.1, 0.15) is 11.4 Å². The lowest BCUT2D eigenvalue weighted by Gasteiger charge is -2.16. The first kappa shape index (κ1) is 19.1. The van der Waals surface area contributed by atoms with Gasteiger partial charge < -0.3 is 15.4 Å². The number of aryl methyl sites for hydroxylation is 1. The predicted molar refractivity (Wildman–Crippen MR) is 107 cm³/mol. The van der Waals surface area contributed by atoms with E-state index in [2.05, 4.69) is 20.6 Å². The third kappa shape index (κ3) is 5.67. The second kappa shape index (κ2) is 9.35. The number of ether oxygens (including phenoxy) is 1. The van der Waals surface area contributed by atoms with E-state index in [0.29, 0.717) is 18.2 Å². The zero-order valence-corrected chi connectivity index (χ0v) is 16.1. The van der Waals surface area contributed by atoms with Gasteiger partial charge in [-0.1, -0.05) is 25.7 Å². The van der Waals surface area contributed by atoms with Gasteiger partial charge in [-0.25, -0.2) is 9.97 Å². The molecule has 0 bridgehead atoms. The van der Waals surface area contributed by atoms with Gasteiger partial charge in [-0.3, -0.25) is 4.79 Å². The van der Waals surface area contributed by atoms with Crippen LogP contribution in [0.15, 0.2) is 30.3 Å². The first-order valence-electron chi connectivity index (χ1n) is 9.80. The highest BCUT2D eigenvalue weighted by Crippen LogP contribution is 2.20. The fraction of sp³-hybridized carbons (Fsp3) is 0.476. The number of aromatic nitrogens is 2. The van der Waals surface area contributed by atoms with Crippen LogP contribution in [-0.4, -0.2) is 28.5 Å². The van der Waals surface area contributed by atoms with Crippen LogP contribution < -0.4 is 15.4 Å². The number of amides is 1. The minimum Gasteiger partial charge on any atom is -0.494 e. The van der Waals surface area contributed by atoms with Crippen molar-refractivity contribution in [3.05, 3.63) is 41.7 Å². The molecule has 2 N–H and O–H groups in total. The standard InChI is InChI=1S/C21H28N4O2/c1-3-27-18-12-10-17(11-13-18)24-21-22-15(2)14-19(25-21)20(26)23-16-8-6-4-5-7-9-16/h10-14,16H,3-9H2,1-2H3,(H,23,26)(H,22,24,25). The van der Waals surface area contributed by atoms with Crippen LogP contribution in [0.4, 0.5) is 11.6 Å². The van der Waals surface area contributed by atoms with E-state index in [1.165, 1.54) is 25.7 Å². The van der Waals surface area contributed by atoms with E-state index >= 15 is 0 Å². The molecule has 1 amide bonds. The number of hydrogen-bond donors (Lipinski definition) is 2. The molecule has 0 spiro atoms. The molecule has 144 valence electrons. The molecule has 1 saturated carbocycles. The van der Waals surface area contributed by atoms with Crippen molar-refractivity contribution in [3.63, 3.8) is 0 Å². The fourth-order valence-electron chi connectivity index (χ4n) is 3.35. The van der Waals surface area contributed by atoms with Crippen LogP contribution >= 0.6 is 0 Å². The molecule has 6 heteroatoms. The van der Waals surface area contributed by atoms with Crippen LogP contribution in [0.25, 0.3) is 0 Å². The quantitative estimate of drug-likeness (QED) is 0.740. The highest BCUT2D eigenvalue weighted by Gasteiger charge is 2.17. The molecule has 0 radical (unpaired) electrons. The number of benzene rings is 1. The van der Waals surface area contributed by atoms with Gasteiger partial charge in [-0.15, -0.1) is 0 Å². The summed E-state index contributed by atoms with van der Waals surface area (Å²) in [7, 11) is 0. The van der Waals surface area contributed by atoms with E-state index < -0.39 is 0 Å². The lowest BCUT2D eigenvalue weighted by molar-refractivity contribution is 0.0928. The molecular formula is C21H28N4O2. The number of anilines is 2. The van der Waals surface area contributed by atoms with Gasteiger partial charge in [-0.2, -0.15) is 0 Å².